The van der Waals surface area contributed by atoms with Crippen molar-refractivity contribution in [1.82, 2.24) is 5.32 Å². The number of amides is 1. The van der Waals surface area contributed by atoms with E-state index in [1.807, 2.05) is 33.8 Å². The Hall–Kier alpha value is -2.11. The Morgan fingerprint density at radius 3 is 2.20 bits per heavy atom. The fourth-order valence-electron chi connectivity index (χ4n) is 10.9. The molecule has 0 radical (unpaired) electrons. The van der Waals surface area contributed by atoms with Crippen LogP contribution in [0, 0.1) is 56.2 Å². The predicted molar refractivity (Wildman–Crippen MR) is 160 cm³/mol. The lowest BCUT2D eigenvalue weighted by Gasteiger charge is -2.70. The number of rotatable bonds is 4. The van der Waals surface area contributed by atoms with Crippen LogP contribution >= 0.6 is 0 Å². The van der Waals surface area contributed by atoms with Crippen LogP contribution in [0.15, 0.2) is 23.5 Å². The quantitative estimate of drug-likeness (QED) is 0.311. The molecule has 0 aromatic rings. The summed E-state index contributed by atoms with van der Waals surface area (Å²) in [4.78, 5) is 39.3. The SMILES string of the molecule is CC(C)[C@@H](NC(=O)[C@]12CCC(C)(C)C[C@H]1C1=CC[C@@H]3[C@@]4(C)C=C(O)C(=O)C(C)(C)[C@@H]4CC[C@@]3(C)[C@]1(C)CC2)C(=O)O. The van der Waals surface area contributed by atoms with Crippen LogP contribution in [0.5, 0.6) is 0 Å². The van der Waals surface area contributed by atoms with Crippen molar-refractivity contribution >= 4 is 17.7 Å². The number of aliphatic hydroxyl groups excluding tert-OH is 1. The van der Waals surface area contributed by atoms with Gasteiger partial charge >= 0.3 is 5.97 Å². The fraction of sp³-hybridized carbons (Fsp3) is 0.800. The molecule has 6 nitrogen and oxygen atoms in total. The van der Waals surface area contributed by atoms with Gasteiger partial charge in [0, 0.05) is 5.41 Å². The lowest BCUT2D eigenvalue weighted by molar-refractivity contribution is -0.169. The van der Waals surface area contributed by atoms with E-state index in [4.69, 9.17) is 0 Å². The lowest BCUT2D eigenvalue weighted by atomic mass is 9.34. The van der Waals surface area contributed by atoms with Gasteiger partial charge in [0.1, 0.15) is 6.04 Å². The molecule has 0 unspecified atom stereocenters. The van der Waals surface area contributed by atoms with E-state index in [0.29, 0.717) is 0 Å². The molecule has 0 aliphatic heterocycles. The van der Waals surface area contributed by atoms with Crippen LogP contribution < -0.4 is 5.32 Å². The number of aliphatic hydroxyl groups is 1. The molecular formula is C35H53NO5. The number of hydrogen-bond donors (Lipinski definition) is 3. The number of carboxylic acid groups (broad SMARTS) is 1. The Morgan fingerprint density at radius 1 is 0.951 bits per heavy atom. The van der Waals surface area contributed by atoms with Crippen LogP contribution in [0.4, 0.5) is 0 Å². The third kappa shape index (κ3) is 4.04. The van der Waals surface area contributed by atoms with E-state index in [-0.39, 0.29) is 62.8 Å². The van der Waals surface area contributed by atoms with Crippen molar-refractivity contribution in [1.29, 1.82) is 0 Å². The van der Waals surface area contributed by atoms with Crippen molar-refractivity contribution in [3.05, 3.63) is 23.5 Å². The first-order valence-electron chi connectivity index (χ1n) is 16.0. The number of hydrogen-bond acceptors (Lipinski definition) is 4. The zero-order valence-corrected chi connectivity index (χ0v) is 26.8. The monoisotopic (exact) mass is 567 g/mol. The van der Waals surface area contributed by atoms with Crippen molar-refractivity contribution in [2.45, 2.75) is 120 Å². The molecule has 0 spiro atoms. The zero-order chi connectivity index (χ0) is 30.6. The van der Waals surface area contributed by atoms with Gasteiger partial charge in [-0.15, -0.1) is 0 Å². The number of carboxylic acids is 1. The fourth-order valence-corrected chi connectivity index (χ4v) is 10.9. The predicted octanol–water partition coefficient (Wildman–Crippen LogP) is 7.24. The van der Waals surface area contributed by atoms with Gasteiger partial charge in [-0.1, -0.05) is 74.0 Å². The van der Waals surface area contributed by atoms with Crippen LogP contribution in [-0.4, -0.2) is 33.9 Å². The highest BCUT2D eigenvalue weighted by Crippen LogP contribution is 2.75. The molecule has 228 valence electrons. The summed E-state index contributed by atoms with van der Waals surface area (Å²) in [7, 11) is 0. The molecule has 0 saturated heterocycles. The number of carbonyl (C=O) groups is 3. The topological polar surface area (TPSA) is 104 Å². The molecule has 8 atom stereocenters. The maximum Gasteiger partial charge on any atom is 0.326 e. The summed E-state index contributed by atoms with van der Waals surface area (Å²) in [5.41, 5.74) is -0.171. The number of allylic oxidation sites excluding steroid dienone is 4. The van der Waals surface area contributed by atoms with E-state index >= 15 is 0 Å². The smallest absolute Gasteiger partial charge is 0.326 e. The highest BCUT2D eigenvalue weighted by atomic mass is 16.4. The van der Waals surface area contributed by atoms with E-state index in [9.17, 15) is 24.6 Å². The first kappa shape index (κ1) is 30.4. The summed E-state index contributed by atoms with van der Waals surface area (Å²) < 4.78 is 0. The van der Waals surface area contributed by atoms with E-state index in [1.165, 1.54) is 5.57 Å². The summed E-state index contributed by atoms with van der Waals surface area (Å²) in [5, 5.41) is 23.7. The Kier molecular flexibility index (Phi) is 6.81. The highest BCUT2D eigenvalue weighted by Gasteiger charge is 2.69. The number of ketones is 1. The van der Waals surface area contributed by atoms with Crippen LogP contribution in [0.2, 0.25) is 0 Å². The molecular weight excluding hydrogens is 514 g/mol. The van der Waals surface area contributed by atoms with Gasteiger partial charge in [-0.2, -0.15) is 0 Å². The van der Waals surface area contributed by atoms with Crippen molar-refractivity contribution in [3.8, 4) is 0 Å². The molecule has 0 aromatic heterocycles. The van der Waals surface area contributed by atoms with E-state index < -0.39 is 22.8 Å². The summed E-state index contributed by atoms with van der Waals surface area (Å²) in [6.07, 6.45) is 11.4. The Balaban J connectivity index is 1.59. The van der Waals surface area contributed by atoms with Gasteiger partial charge in [-0.3, -0.25) is 9.59 Å². The third-order valence-electron chi connectivity index (χ3n) is 13.6. The van der Waals surface area contributed by atoms with Crippen molar-refractivity contribution in [3.63, 3.8) is 0 Å². The van der Waals surface area contributed by atoms with Gasteiger partial charge in [0.05, 0.1) is 5.41 Å². The van der Waals surface area contributed by atoms with Crippen LogP contribution in [0.1, 0.15) is 114 Å². The van der Waals surface area contributed by atoms with Crippen molar-refractivity contribution in [2.24, 2.45) is 56.2 Å². The minimum atomic E-state index is -0.972. The molecule has 0 aromatic carbocycles. The van der Waals surface area contributed by atoms with Gasteiger partial charge < -0.3 is 15.5 Å². The summed E-state index contributed by atoms with van der Waals surface area (Å²) >= 11 is 0. The standard InChI is InChI=1S/C35H53NO5/c1-20(2)26(28(39)40)36-29(41)35-16-14-30(3,4)18-22(35)21-10-11-25-32(7)19-23(37)27(38)31(5,6)24(32)12-13-34(25,9)33(21,8)15-17-35/h10,19-20,22,24-26,37H,11-18H2,1-9H3,(H,36,41)(H,39,40)/t22-,24-,25+,26+,32-,33+,34+,35-/m0/s1. The minimum absolute atomic E-state index is 0.0542. The minimum Gasteiger partial charge on any atom is -0.505 e. The van der Waals surface area contributed by atoms with Crippen molar-refractivity contribution in [2.75, 3.05) is 0 Å². The maximum absolute atomic E-state index is 14.2. The lowest BCUT2D eigenvalue weighted by Crippen LogP contribution is -2.65. The Morgan fingerprint density at radius 2 is 1.59 bits per heavy atom. The molecule has 1 amide bonds. The van der Waals surface area contributed by atoms with Crippen molar-refractivity contribution < 1.29 is 24.6 Å². The second kappa shape index (κ2) is 9.19. The number of aliphatic carboxylic acids is 1. The van der Waals surface area contributed by atoms with Gasteiger partial charge in [0.2, 0.25) is 11.7 Å². The molecule has 5 rings (SSSR count). The Bertz CT molecular complexity index is 1230. The zero-order valence-electron chi connectivity index (χ0n) is 26.8. The van der Waals surface area contributed by atoms with Gasteiger partial charge in [-0.05, 0) is 103 Å². The molecule has 41 heavy (non-hydrogen) atoms. The number of Topliss-reactive ketones (excluding diaryl/α,β-unsaturated/α-hetero) is 1. The number of carbonyl (C=O) groups excluding carboxylic acids is 2. The molecule has 6 heteroatoms. The molecule has 3 saturated carbocycles. The average molecular weight is 568 g/mol. The van der Waals surface area contributed by atoms with Gasteiger partial charge in [0.25, 0.3) is 0 Å². The van der Waals surface area contributed by atoms with Crippen LogP contribution in [-0.2, 0) is 14.4 Å². The first-order valence-corrected chi connectivity index (χ1v) is 16.0. The summed E-state index contributed by atoms with van der Waals surface area (Å²) in [6, 6.07) is -0.893. The summed E-state index contributed by atoms with van der Waals surface area (Å²) in [5.74, 6) is -0.950. The Labute approximate surface area is 246 Å². The van der Waals surface area contributed by atoms with E-state index in [2.05, 4.69) is 46.0 Å². The number of nitrogens with one attached hydrogen (secondary N) is 1. The average Bonchev–Trinajstić information content (AvgIpc) is 2.85. The second-order valence-electron chi connectivity index (χ2n) is 16.8. The van der Waals surface area contributed by atoms with Crippen LogP contribution in [0.3, 0.4) is 0 Å². The molecule has 0 heterocycles. The van der Waals surface area contributed by atoms with E-state index in [1.54, 1.807) is 0 Å². The largest absolute Gasteiger partial charge is 0.505 e. The third-order valence-corrected chi connectivity index (χ3v) is 13.6. The van der Waals surface area contributed by atoms with E-state index in [0.717, 1.165) is 51.4 Å². The molecule has 3 fully saturated rings. The first-order chi connectivity index (χ1) is 18.8. The molecule has 5 aliphatic rings. The van der Waals surface area contributed by atoms with Crippen LogP contribution in [0.25, 0.3) is 0 Å². The normalized spacial score (nSPS) is 43.4. The summed E-state index contributed by atoms with van der Waals surface area (Å²) in [6.45, 7) is 19.5. The van der Waals surface area contributed by atoms with Gasteiger partial charge in [0.15, 0.2) is 5.76 Å². The highest BCUT2D eigenvalue weighted by molar-refractivity contribution is 5.98. The number of fused-ring (bicyclic) bond motifs is 7. The molecule has 5 aliphatic carbocycles. The maximum atomic E-state index is 14.2. The molecule has 0 bridgehead atoms. The molecule has 3 N–H and O–H groups in total. The second-order valence-corrected chi connectivity index (χ2v) is 16.8. The van der Waals surface area contributed by atoms with Gasteiger partial charge in [-0.25, -0.2) is 4.79 Å².